The van der Waals surface area contributed by atoms with Crippen LogP contribution in [0, 0.1) is 5.92 Å². The highest BCUT2D eigenvalue weighted by molar-refractivity contribution is 7.15. The van der Waals surface area contributed by atoms with Gasteiger partial charge in [0.25, 0.3) is 0 Å². The number of nitrogens with one attached hydrogen (secondary N) is 1. The number of thiazole rings is 1. The van der Waals surface area contributed by atoms with Gasteiger partial charge in [0, 0.05) is 22.0 Å². The molecule has 1 aromatic heterocycles. The van der Waals surface area contributed by atoms with Crippen LogP contribution in [-0.4, -0.2) is 10.9 Å². The average molecular weight is 362 g/mol. The van der Waals surface area contributed by atoms with E-state index in [1.54, 1.807) is 11.3 Å². The molecule has 1 amide bonds. The lowest BCUT2D eigenvalue weighted by Gasteiger charge is -2.20. The summed E-state index contributed by atoms with van der Waals surface area (Å²) in [6, 6.07) is 18.4. The minimum Gasteiger partial charge on any atom is -0.326 e. The van der Waals surface area contributed by atoms with Crippen LogP contribution in [0.1, 0.15) is 29.5 Å². The summed E-state index contributed by atoms with van der Waals surface area (Å²) in [5, 5.41) is 4.14. The van der Waals surface area contributed by atoms with Crippen molar-refractivity contribution < 1.29 is 4.79 Å². The van der Waals surface area contributed by atoms with Crippen molar-refractivity contribution in [1.29, 1.82) is 0 Å². The van der Waals surface area contributed by atoms with E-state index in [4.69, 9.17) is 4.98 Å². The van der Waals surface area contributed by atoms with Crippen molar-refractivity contribution in [1.82, 2.24) is 4.98 Å². The maximum absolute atomic E-state index is 12.7. The zero-order valence-corrected chi connectivity index (χ0v) is 15.7. The molecule has 3 aromatic rings. The molecule has 1 atom stereocenters. The molecule has 0 saturated heterocycles. The van der Waals surface area contributed by atoms with Gasteiger partial charge >= 0.3 is 0 Å². The quantitative estimate of drug-likeness (QED) is 0.700. The van der Waals surface area contributed by atoms with E-state index >= 15 is 0 Å². The van der Waals surface area contributed by atoms with Gasteiger partial charge in [0.15, 0.2) is 0 Å². The third-order valence-corrected chi connectivity index (χ3v) is 6.13. The van der Waals surface area contributed by atoms with E-state index in [1.165, 1.54) is 16.1 Å². The second-order valence-electron chi connectivity index (χ2n) is 6.73. The fraction of sp³-hybridized carbons (Fsp3) is 0.273. The Morgan fingerprint density at radius 3 is 2.65 bits per heavy atom. The third-order valence-electron chi connectivity index (χ3n) is 4.96. The summed E-state index contributed by atoms with van der Waals surface area (Å²) in [6.07, 6.45) is 3.54. The van der Waals surface area contributed by atoms with E-state index < -0.39 is 0 Å². The molecule has 1 unspecified atom stereocenters. The monoisotopic (exact) mass is 362 g/mol. The molecule has 0 bridgehead atoms. The van der Waals surface area contributed by atoms with Crippen LogP contribution >= 0.6 is 11.3 Å². The van der Waals surface area contributed by atoms with E-state index in [2.05, 4.69) is 36.5 Å². The highest BCUT2D eigenvalue weighted by Gasteiger charge is 2.27. The fourth-order valence-electron chi connectivity index (χ4n) is 3.37. The number of aryl methyl sites for hydroxylation is 2. The van der Waals surface area contributed by atoms with E-state index in [1.807, 2.05) is 30.3 Å². The number of anilines is 1. The van der Waals surface area contributed by atoms with Crippen molar-refractivity contribution in [2.45, 2.75) is 32.6 Å². The Labute approximate surface area is 158 Å². The summed E-state index contributed by atoms with van der Waals surface area (Å²) in [5.74, 6) is 0.145. The zero-order chi connectivity index (χ0) is 17.9. The van der Waals surface area contributed by atoms with E-state index in [0.29, 0.717) is 0 Å². The summed E-state index contributed by atoms with van der Waals surface area (Å²) < 4.78 is 0. The van der Waals surface area contributed by atoms with E-state index in [0.717, 1.165) is 41.9 Å². The first-order valence-corrected chi connectivity index (χ1v) is 9.98. The molecule has 2 aromatic carbocycles. The first-order valence-electron chi connectivity index (χ1n) is 9.16. The zero-order valence-electron chi connectivity index (χ0n) is 14.9. The first-order chi connectivity index (χ1) is 12.7. The number of nitrogens with zero attached hydrogens (tertiary/aromatic N) is 1. The standard InChI is InChI=1S/C22H22N2OS/c1-2-15-8-11-18(12-9-15)23-21(25)17-10-13-19-20(14-17)26-22(24-19)16-6-4-3-5-7-16/h3-9,11-12,17H,2,10,13-14H2,1H3,(H,23,25). The number of amides is 1. The Hall–Kier alpha value is -2.46. The number of hydrogen-bond donors (Lipinski definition) is 1. The first kappa shape index (κ1) is 17.0. The molecule has 1 N–H and O–H groups in total. The predicted octanol–water partition coefficient (Wildman–Crippen LogP) is 5.12. The van der Waals surface area contributed by atoms with Gasteiger partial charge < -0.3 is 5.32 Å². The van der Waals surface area contributed by atoms with Crippen LogP contribution in [0.4, 0.5) is 5.69 Å². The van der Waals surface area contributed by atoms with Gasteiger partial charge in [0.2, 0.25) is 5.91 Å². The van der Waals surface area contributed by atoms with Gasteiger partial charge in [-0.2, -0.15) is 0 Å². The van der Waals surface area contributed by atoms with Crippen LogP contribution in [0.5, 0.6) is 0 Å². The van der Waals surface area contributed by atoms with Gasteiger partial charge in [-0.3, -0.25) is 4.79 Å². The van der Waals surface area contributed by atoms with Crippen LogP contribution in [0.3, 0.4) is 0 Å². The molecule has 0 fully saturated rings. The fourth-order valence-corrected chi connectivity index (χ4v) is 4.56. The summed E-state index contributed by atoms with van der Waals surface area (Å²) >= 11 is 1.73. The molecule has 0 spiro atoms. The predicted molar refractivity (Wildman–Crippen MR) is 108 cm³/mol. The maximum Gasteiger partial charge on any atom is 0.227 e. The van der Waals surface area contributed by atoms with Gasteiger partial charge in [-0.05, 0) is 43.4 Å². The van der Waals surface area contributed by atoms with Crippen molar-refractivity contribution in [3.8, 4) is 10.6 Å². The highest BCUT2D eigenvalue weighted by Crippen LogP contribution is 2.35. The summed E-state index contributed by atoms with van der Waals surface area (Å²) in [5.41, 5.74) is 4.49. The maximum atomic E-state index is 12.7. The van der Waals surface area contributed by atoms with Gasteiger partial charge in [-0.25, -0.2) is 4.98 Å². The van der Waals surface area contributed by atoms with Gasteiger partial charge in [0.05, 0.1) is 5.69 Å². The lowest BCUT2D eigenvalue weighted by molar-refractivity contribution is -0.120. The number of aromatic nitrogens is 1. The third kappa shape index (κ3) is 3.56. The van der Waals surface area contributed by atoms with Crippen molar-refractivity contribution in [3.05, 3.63) is 70.7 Å². The Bertz CT molecular complexity index is 900. The van der Waals surface area contributed by atoms with Crippen LogP contribution in [0.15, 0.2) is 54.6 Å². The molecule has 4 heteroatoms. The number of fused-ring (bicyclic) bond motifs is 1. The topological polar surface area (TPSA) is 42.0 Å². The highest BCUT2D eigenvalue weighted by atomic mass is 32.1. The molecular weight excluding hydrogens is 340 g/mol. The lowest BCUT2D eigenvalue weighted by atomic mass is 9.90. The lowest BCUT2D eigenvalue weighted by Crippen LogP contribution is -2.27. The van der Waals surface area contributed by atoms with Crippen LogP contribution in [0.25, 0.3) is 10.6 Å². The van der Waals surface area contributed by atoms with Gasteiger partial charge in [-0.1, -0.05) is 49.4 Å². The summed E-state index contributed by atoms with van der Waals surface area (Å²) in [6.45, 7) is 2.13. The van der Waals surface area contributed by atoms with Crippen molar-refractivity contribution in [2.24, 2.45) is 5.92 Å². The second kappa shape index (κ2) is 7.42. The van der Waals surface area contributed by atoms with E-state index in [-0.39, 0.29) is 11.8 Å². The molecule has 26 heavy (non-hydrogen) atoms. The normalized spacial score (nSPS) is 16.1. The van der Waals surface area contributed by atoms with Crippen molar-refractivity contribution >= 4 is 22.9 Å². The molecule has 0 saturated carbocycles. The molecule has 1 aliphatic carbocycles. The Balaban J connectivity index is 1.45. The smallest absolute Gasteiger partial charge is 0.227 e. The molecule has 0 aliphatic heterocycles. The number of carbonyl (C=O) groups is 1. The number of carbonyl (C=O) groups excluding carboxylic acids is 1. The molecule has 1 heterocycles. The molecule has 3 nitrogen and oxygen atoms in total. The Morgan fingerprint density at radius 2 is 1.92 bits per heavy atom. The average Bonchev–Trinajstić information content (AvgIpc) is 3.12. The van der Waals surface area contributed by atoms with Gasteiger partial charge in [0.1, 0.15) is 5.01 Å². The van der Waals surface area contributed by atoms with E-state index in [9.17, 15) is 4.79 Å². The van der Waals surface area contributed by atoms with Gasteiger partial charge in [-0.15, -0.1) is 11.3 Å². The minimum absolute atomic E-state index is 0.0254. The summed E-state index contributed by atoms with van der Waals surface area (Å²) in [7, 11) is 0. The number of benzene rings is 2. The molecule has 1 aliphatic rings. The summed E-state index contributed by atoms with van der Waals surface area (Å²) in [4.78, 5) is 18.7. The Morgan fingerprint density at radius 1 is 1.15 bits per heavy atom. The molecule has 132 valence electrons. The van der Waals surface area contributed by atoms with Crippen LogP contribution < -0.4 is 5.32 Å². The molecule has 0 radical (unpaired) electrons. The number of hydrogen-bond acceptors (Lipinski definition) is 3. The molecule has 4 rings (SSSR count). The van der Waals surface area contributed by atoms with Crippen molar-refractivity contribution in [2.75, 3.05) is 5.32 Å². The largest absolute Gasteiger partial charge is 0.326 e. The van der Waals surface area contributed by atoms with Crippen LogP contribution in [0.2, 0.25) is 0 Å². The SMILES string of the molecule is CCc1ccc(NC(=O)C2CCc3nc(-c4ccccc4)sc3C2)cc1. The number of rotatable bonds is 4. The van der Waals surface area contributed by atoms with Crippen LogP contribution in [-0.2, 0) is 24.1 Å². The second-order valence-corrected chi connectivity index (χ2v) is 7.82. The van der Waals surface area contributed by atoms with Crippen molar-refractivity contribution in [3.63, 3.8) is 0 Å². The molecular formula is C22H22N2OS. The minimum atomic E-state index is 0.0254. The Kier molecular flexibility index (Phi) is 4.85.